The third-order valence-electron chi connectivity index (χ3n) is 1.99. The summed E-state index contributed by atoms with van der Waals surface area (Å²) >= 11 is 11.7. The van der Waals surface area contributed by atoms with Gasteiger partial charge in [0, 0.05) is 5.69 Å². The quantitative estimate of drug-likeness (QED) is 0.901. The maximum absolute atomic E-state index is 5.90. The molecule has 8 heteroatoms. The minimum Gasteiger partial charge on any atom is -0.467 e. The van der Waals surface area contributed by atoms with Gasteiger partial charge in [-0.25, -0.2) is 0 Å². The molecule has 6 nitrogen and oxygen atoms in total. The van der Waals surface area contributed by atoms with Crippen molar-refractivity contribution in [1.82, 2.24) is 15.0 Å². The van der Waals surface area contributed by atoms with Gasteiger partial charge in [0.2, 0.25) is 11.9 Å². The van der Waals surface area contributed by atoms with Crippen LogP contribution in [-0.4, -0.2) is 22.1 Å². The third-order valence-corrected chi connectivity index (χ3v) is 2.73. The van der Waals surface area contributed by atoms with E-state index in [0.29, 0.717) is 15.7 Å². The van der Waals surface area contributed by atoms with Gasteiger partial charge in [-0.05, 0) is 18.2 Å². The first kappa shape index (κ1) is 12.7. The first-order valence-electron chi connectivity index (χ1n) is 4.86. The van der Waals surface area contributed by atoms with Crippen molar-refractivity contribution in [2.75, 3.05) is 18.2 Å². The van der Waals surface area contributed by atoms with Gasteiger partial charge in [-0.1, -0.05) is 23.2 Å². The fourth-order valence-electron chi connectivity index (χ4n) is 1.22. The van der Waals surface area contributed by atoms with E-state index in [-0.39, 0.29) is 17.9 Å². The second-order valence-corrected chi connectivity index (χ2v) is 4.07. The van der Waals surface area contributed by atoms with Crippen LogP contribution >= 0.6 is 23.2 Å². The molecule has 0 aliphatic heterocycles. The lowest BCUT2D eigenvalue weighted by atomic mass is 10.3. The molecule has 0 saturated carbocycles. The predicted molar refractivity (Wildman–Crippen MR) is 70.5 cm³/mol. The second-order valence-electron chi connectivity index (χ2n) is 3.26. The van der Waals surface area contributed by atoms with Gasteiger partial charge in [-0.3, -0.25) is 0 Å². The number of nitrogens with zero attached hydrogens (tertiary/aromatic N) is 3. The van der Waals surface area contributed by atoms with Crippen LogP contribution in [0.3, 0.4) is 0 Å². The van der Waals surface area contributed by atoms with Crippen molar-refractivity contribution in [3.05, 3.63) is 28.2 Å². The summed E-state index contributed by atoms with van der Waals surface area (Å²) < 4.78 is 4.89. The molecule has 3 N–H and O–H groups in total. The number of methoxy groups -OCH3 is 1. The Balaban J connectivity index is 2.27. The molecule has 2 rings (SSSR count). The van der Waals surface area contributed by atoms with Gasteiger partial charge in [0.25, 0.3) is 0 Å². The first-order valence-corrected chi connectivity index (χ1v) is 5.61. The summed E-state index contributed by atoms with van der Waals surface area (Å²) in [6.45, 7) is 0. The molecule has 0 atom stereocenters. The fraction of sp³-hybridized carbons (Fsp3) is 0.100. The Bertz CT molecular complexity index is 578. The number of aromatic nitrogens is 3. The van der Waals surface area contributed by atoms with E-state index in [9.17, 15) is 0 Å². The highest BCUT2D eigenvalue weighted by atomic mass is 35.5. The van der Waals surface area contributed by atoms with E-state index >= 15 is 0 Å². The number of nitrogens with two attached hydrogens (primary N) is 1. The molecule has 18 heavy (non-hydrogen) atoms. The lowest BCUT2D eigenvalue weighted by Crippen LogP contribution is -2.05. The second kappa shape index (κ2) is 5.24. The van der Waals surface area contributed by atoms with Crippen LogP contribution in [0.4, 0.5) is 17.6 Å². The Hall–Kier alpha value is -1.79. The number of rotatable bonds is 3. The number of ether oxygens (including phenoxy) is 1. The van der Waals surface area contributed by atoms with Gasteiger partial charge in [-0.2, -0.15) is 15.0 Å². The minimum absolute atomic E-state index is 0.0596. The monoisotopic (exact) mass is 285 g/mol. The molecule has 2 aromatic rings. The van der Waals surface area contributed by atoms with Gasteiger partial charge in [0.15, 0.2) is 0 Å². The number of nitrogen functional groups attached to an aromatic ring is 1. The van der Waals surface area contributed by atoms with Crippen LogP contribution in [0, 0.1) is 0 Å². The molecular weight excluding hydrogens is 277 g/mol. The van der Waals surface area contributed by atoms with Crippen molar-refractivity contribution in [1.29, 1.82) is 0 Å². The maximum Gasteiger partial charge on any atom is 0.322 e. The van der Waals surface area contributed by atoms with Gasteiger partial charge in [0.1, 0.15) is 0 Å². The van der Waals surface area contributed by atoms with E-state index in [1.165, 1.54) is 7.11 Å². The lowest BCUT2D eigenvalue weighted by Gasteiger charge is -2.07. The normalized spacial score (nSPS) is 10.2. The predicted octanol–water partition coefficient (Wildman–Crippen LogP) is 2.51. The summed E-state index contributed by atoms with van der Waals surface area (Å²) in [5.41, 5.74) is 6.19. The molecule has 0 radical (unpaired) electrons. The SMILES string of the molecule is COc1nc(N)nc(Nc2ccc(Cl)c(Cl)c2)n1. The molecule has 0 unspecified atom stereocenters. The number of nitrogens with one attached hydrogen (secondary N) is 1. The number of hydrogen-bond acceptors (Lipinski definition) is 6. The highest BCUT2D eigenvalue weighted by molar-refractivity contribution is 6.42. The van der Waals surface area contributed by atoms with Gasteiger partial charge in [-0.15, -0.1) is 0 Å². The van der Waals surface area contributed by atoms with Gasteiger partial charge in [0.05, 0.1) is 17.2 Å². The molecule has 1 aromatic carbocycles. The number of anilines is 3. The molecule has 94 valence electrons. The highest BCUT2D eigenvalue weighted by Crippen LogP contribution is 2.26. The number of halogens is 2. The Morgan fingerprint density at radius 1 is 1.17 bits per heavy atom. The van der Waals surface area contributed by atoms with E-state index in [2.05, 4.69) is 20.3 Å². The zero-order valence-electron chi connectivity index (χ0n) is 9.32. The Morgan fingerprint density at radius 2 is 1.94 bits per heavy atom. The largest absolute Gasteiger partial charge is 0.467 e. The highest BCUT2D eigenvalue weighted by Gasteiger charge is 2.06. The number of benzene rings is 1. The molecule has 0 aliphatic carbocycles. The first-order chi connectivity index (χ1) is 8.58. The van der Waals surface area contributed by atoms with Gasteiger partial charge < -0.3 is 15.8 Å². The van der Waals surface area contributed by atoms with Crippen molar-refractivity contribution in [3.63, 3.8) is 0 Å². The molecule has 0 fully saturated rings. The summed E-state index contributed by atoms with van der Waals surface area (Å²) in [6.07, 6.45) is 0. The van der Waals surface area contributed by atoms with Crippen molar-refractivity contribution < 1.29 is 4.74 Å². The van der Waals surface area contributed by atoms with E-state index in [1.54, 1.807) is 18.2 Å². The van der Waals surface area contributed by atoms with Crippen molar-refractivity contribution in [2.24, 2.45) is 0 Å². The summed E-state index contributed by atoms with van der Waals surface area (Å²) in [5, 5.41) is 3.82. The van der Waals surface area contributed by atoms with Crippen LogP contribution in [0.1, 0.15) is 0 Å². The van der Waals surface area contributed by atoms with Crippen molar-refractivity contribution >= 4 is 40.8 Å². The van der Waals surface area contributed by atoms with E-state index in [0.717, 1.165) is 0 Å². The van der Waals surface area contributed by atoms with Crippen LogP contribution in [0.5, 0.6) is 6.01 Å². The molecule has 0 amide bonds. The summed E-state index contributed by atoms with van der Waals surface area (Å²) in [5.74, 6) is 0.321. The Kier molecular flexibility index (Phi) is 3.69. The zero-order chi connectivity index (χ0) is 13.1. The van der Waals surface area contributed by atoms with Crippen LogP contribution in [0.2, 0.25) is 10.0 Å². The van der Waals surface area contributed by atoms with Crippen LogP contribution in [-0.2, 0) is 0 Å². The molecule has 0 spiro atoms. The smallest absolute Gasteiger partial charge is 0.322 e. The van der Waals surface area contributed by atoms with E-state index in [4.69, 9.17) is 33.7 Å². The minimum atomic E-state index is 0.0596. The molecule has 0 bridgehead atoms. The lowest BCUT2D eigenvalue weighted by molar-refractivity contribution is 0.380. The zero-order valence-corrected chi connectivity index (χ0v) is 10.8. The average Bonchev–Trinajstić information content (AvgIpc) is 2.33. The molecular formula is C10H9Cl2N5O. The third kappa shape index (κ3) is 2.91. The standard InChI is InChI=1S/C10H9Cl2N5O/c1-18-10-16-8(13)15-9(17-10)14-5-2-3-6(11)7(12)4-5/h2-4H,1H3,(H3,13,14,15,16,17). The van der Waals surface area contributed by atoms with Gasteiger partial charge >= 0.3 is 6.01 Å². The summed E-state index contributed by atoms with van der Waals surface area (Å²) in [6, 6.07) is 5.18. The summed E-state index contributed by atoms with van der Waals surface area (Å²) in [4.78, 5) is 11.7. The fourth-order valence-corrected chi connectivity index (χ4v) is 1.52. The van der Waals surface area contributed by atoms with Crippen LogP contribution in [0.25, 0.3) is 0 Å². The maximum atomic E-state index is 5.90. The van der Waals surface area contributed by atoms with Crippen LogP contribution in [0.15, 0.2) is 18.2 Å². The Labute approximate surface area is 113 Å². The summed E-state index contributed by atoms with van der Waals surface area (Å²) in [7, 11) is 1.44. The van der Waals surface area contributed by atoms with Crippen molar-refractivity contribution in [2.45, 2.75) is 0 Å². The van der Waals surface area contributed by atoms with E-state index < -0.39 is 0 Å². The van der Waals surface area contributed by atoms with Crippen LogP contribution < -0.4 is 15.8 Å². The topological polar surface area (TPSA) is 86.0 Å². The Morgan fingerprint density at radius 3 is 2.61 bits per heavy atom. The molecule has 1 heterocycles. The van der Waals surface area contributed by atoms with E-state index in [1.807, 2.05) is 0 Å². The molecule has 0 saturated heterocycles. The average molecular weight is 286 g/mol. The molecule has 1 aromatic heterocycles. The van der Waals surface area contributed by atoms with Crippen molar-refractivity contribution in [3.8, 4) is 6.01 Å². The number of hydrogen-bond donors (Lipinski definition) is 2. The molecule has 0 aliphatic rings.